The Morgan fingerprint density at radius 3 is 2.43 bits per heavy atom. The summed E-state index contributed by atoms with van der Waals surface area (Å²) in [5, 5.41) is 13.6. The first-order valence-corrected chi connectivity index (χ1v) is 6.75. The summed E-state index contributed by atoms with van der Waals surface area (Å²) < 4.78 is 0. The summed E-state index contributed by atoms with van der Waals surface area (Å²) in [5.41, 5.74) is 8.10. The molecule has 1 atom stereocenters. The Morgan fingerprint density at radius 2 is 1.90 bits per heavy atom. The summed E-state index contributed by atoms with van der Waals surface area (Å²) in [6, 6.07) is 11.5. The second kappa shape index (κ2) is 6.81. The van der Waals surface area contributed by atoms with Crippen LogP contribution in [0.3, 0.4) is 0 Å². The van der Waals surface area contributed by atoms with Crippen LogP contribution < -0.4 is 16.4 Å². The number of rotatable bonds is 5. The number of hydrogen-bond donors (Lipinski definition) is 3. The lowest BCUT2D eigenvalue weighted by Gasteiger charge is -2.15. The average Bonchev–Trinajstić information content (AvgIpc) is 2.55. The number of hydrogen-bond acceptors (Lipinski definition) is 5. The van der Waals surface area contributed by atoms with Gasteiger partial charge in [-0.15, -0.1) is 10.2 Å². The van der Waals surface area contributed by atoms with Crippen LogP contribution in [-0.4, -0.2) is 23.2 Å². The Balaban J connectivity index is 2.04. The molecule has 6 nitrogen and oxygen atoms in total. The molecule has 2 rings (SSSR count). The molecule has 4 N–H and O–H groups in total. The van der Waals surface area contributed by atoms with Gasteiger partial charge in [0.2, 0.25) is 0 Å². The molecule has 0 spiro atoms. The summed E-state index contributed by atoms with van der Waals surface area (Å²) in [5.74, 6) is 0.373. The van der Waals surface area contributed by atoms with Crippen LogP contribution in [0.15, 0.2) is 36.4 Å². The molecule has 1 unspecified atom stereocenters. The Hall–Kier alpha value is -2.47. The van der Waals surface area contributed by atoms with Gasteiger partial charge in [0.1, 0.15) is 5.82 Å². The fraction of sp³-hybridized carbons (Fsp3) is 0.267. The van der Waals surface area contributed by atoms with Gasteiger partial charge in [-0.2, -0.15) is 0 Å². The van der Waals surface area contributed by atoms with Crippen molar-refractivity contribution in [2.45, 2.75) is 19.5 Å². The van der Waals surface area contributed by atoms with E-state index in [1.54, 1.807) is 19.2 Å². The molecule has 2 aromatic rings. The maximum atomic E-state index is 11.4. The smallest absolute Gasteiger partial charge is 0.271 e. The van der Waals surface area contributed by atoms with Crippen molar-refractivity contribution >= 4 is 11.7 Å². The first-order valence-electron chi connectivity index (χ1n) is 6.75. The fourth-order valence-corrected chi connectivity index (χ4v) is 1.91. The van der Waals surface area contributed by atoms with Crippen molar-refractivity contribution in [3.8, 4) is 0 Å². The summed E-state index contributed by atoms with van der Waals surface area (Å²) in [4.78, 5) is 11.4. The topological polar surface area (TPSA) is 92.9 Å². The highest BCUT2D eigenvalue weighted by atomic mass is 16.1. The zero-order valence-electron chi connectivity index (χ0n) is 12.1. The molecular weight excluding hydrogens is 266 g/mol. The predicted octanol–water partition coefficient (Wildman–Crippen LogP) is 1.47. The number of nitrogens with zero attached hydrogens (tertiary/aromatic N) is 2. The van der Waals surface area contributed by atoms with Gasteiger partial charge in [-0.3, -0.25) is 4.79 Å². The molecule has 1 aromatic heterocycles. The number of carbonyl (C=O) groups is 1. The molecule has 1 amide bonds. The first-order chi connectivity index (χ1) is 10.1. The molecule has 6 heteroatoms. The zero-order valence-corrected chi connectivity index (χ0v) is 12.1. The zero-order chi connectivity index (χ0) is 15.2. The summed E-state index contributed by atoms with van der Waals surface area (Å²) >= 11 is 0. The van der Waals surface area contributed by atoms with E-state index in [0.29, 0.717) is 18.1 Å². The molecule has 0 aliphatic rings. The molecule has 0 bridgehead atoms. The van der Waals surface area contributed by atoms with E-state index in [4.69, 9.17) is 5.73 Å². The molecular formula is C15H19N5O. The van der Waals surface area contributed by atoms with Crippen molar-refractivity contribution in [2.75, 3.05) is 12.4 Å². The lowest BCUT2D eigenvalue weighted by Crippen LogP contribution is -2.20. The number of carbonyl (C=O) groups excluding carboxylic acids is 1. The van der Waals surface area contributed by atoms with Gasteiger partial charge < -0.3 is 16.4 Å². The van der Waals surface area contributed by atoms with Gasteiger partial charge in [-0.05, 0) is 30.2 Å². The van der Waals surface area contributed by atoms with Crippen LogP contribution in [0.25, 0.3) is 0 Å². The molecule has 0 fully saturated rings. The fourth-order valence-electron chi connectivity index (χ4n) is 1.91. The summed E-state index contributed by atoms with van der Waals surface area (Å²) in [6.45, 7) is 2.57. The molecule has 0 saturated carbocycles. The van der Waals surface area contributed by atoms with Crippen LogP contribution in [0.4, 0.5) is 5.82 Å². The van der Waals surface area contributed by atoms with Gasteiger partial charge in [-0.25, -0.2) is 0 Å². The third kappa shape index (κ3) is 3.76. The van der Waals surface area contributed by atoms with Crippen LogP contribution in [0.5, 0.6) is 0 Å². The normalized spacial score (nSPS) is 11.8. The monoisotopic (exact) mass is 285 g/mol. The number of aromatic nitrogens is 2. The third-order valence-corrected chi connectivity index (χ3v) is 3.20. The van der Waals surface area contributed by atoms with E-state index in [2.05, 4.69) is 20.8 Å². The van der Waals surface area contributed by atoms with Crippen LogP contribution in [-0.2, 0) is 6.54 Å². The average molecular weight is 285 g/mol. The Labute approximate surface area is 123 Å². The van der Waals surface area contributed by atoms with Crippen LogP contribution in [0, 0.1) is 0 Å². The SMILES string of the molecule is CNC(=O)c1ccc(NC(C)c2ccc(CN)cc2)nn1. The first kappa shape index (κ1) is 14.9. The molecule has 1 aromatic carbocycles. The maximum Gasteiger partial charge on any atom is 0.271 e. The number of benzene rings is 1. The minimum absolute atomic E-state index is 0.0805. The van der Waals surface area contributed by atoms with Gasteiger partial charge in [0, 0.05) is 19.6 Å². The second-order valence-corrected chi connectivity index (χ2v) is 4.69. The lowest BCUT2D eigenvalue weighted by molar-refractivity contribution is 0.0957. The molecule has 0 aliphatic carbocycles. The van der Waals surface area contributed by atoms with Gasteiger partial charge in [0.05, 0.1) is 0 Å². The van der Waals surface area contributed by atoms with Gasteiger partial charge >= 0.3 is 0 Å². The number of amides is 1. The minimum atomic E-state index is -0.250. The van der Waals surface area contributed by atoms with E-state index in [1.807, 2.05) is 31.2 Å². The Bertz CT molecular complexity index is 594. The van der Waals surface area contributed by atoms with E-state index in [0.717, 1.165) is 11.1 Å². The minimum Gasteiger partial charge on any atom is -0.362 e. The number of anilines is 1. The van der Waals surface area contributed by atoms with Crippen LogP contribution in [0.2, 0.25) is 0 Å². The van der Waals surface area contributed by atoms with Crippen LogP contribution >= 0.6 is 0 Å². The molecule has 21 heavy (non-hydrogen) atoms. The standard InChI is InChI=1S/C15H19N5O/c1-10(12-5-3-11(9-16)4-6-12)18-14-8-7-13(19-20-14)15(21)17-2/h3-8,10H,9,16H2,1-2H3,(H,17,21)(H,18,20). The predicted molar refractivity (Wildman–Crippen MR) is 81.8 cm³/mol. The highest BCUT2D eigenvalue weighted by Crippen LogP contribution is 2.18. The highest BCUT2D eigenvalue weighted by Gasteiger charge is 2.08. The molecule has 110 valence electrons. The molecule has 1 heterocycles. The van der Waals surface area contributed by atoms with Gasteiger partial charge in [0.15, 0.2) is 5.69 Å². The molecule has 0 saturated heterocycles. The second-order valence-electron chi connectivity index (χ2n) is 4.69. The maximum absolute atomic E-state index is 11.4. The quantitative estimate of drug-likeness (QED) is 0.773. The van der Waals surface area contributed by atoms with E-state index in [-0.39, 0.29) is 11.9 Å². The number of nitrogens with one attached hydrogen (secondary N) is 2. The van der Waals surface area contributed by atoms with Crippen molar-refractivity contribution < 1.29 is 4.79 Å². The van der Waals surface area contributed by atoms with E-state index in [1.165, 1.54) is 0 Å². The lowest BCUT2D eigenvalue weighted by atomic mass is 10.1. The van der Waals surface area contributed by atoms with Crippen molar-refractivity contribution in [1.29, 1.82) is 0 Å². The summed E-state index contributed by atoms with van der Waals surface area (Å²) in [6.07, 6.45) is 0. The van der Waals surface area contributed by atoms with Crippen molar-refractivity contribution in [1.82, 2.24) is 15.5 Å². The molecule has 0 radical (unpaired) electrons. The van der Waals surface area contributed by atoms with Crippen LogP contribution in [0.1, 0.15) is 34.6 Å². The largest absolute Gasteiger partial charge is 0.362 e. The van der Waals surface area contributed by atoms with E-state index < -0.39 is 0 Å². The van der Waals surface area contributed by atoms with Gasteiger partial charge in [-0.1, -0.05) is 24.3 Å². The highest BCUT2D eigenvalue weighted by molar-refractivity contribution is 5.91. The van der Waals surface area contributed by atoms with Crippen molar-refractivity contribution in [2.24, 2.45) is 5.73 Å². The number of nitrogens with two attached hydrogens (primary N) is 1. The van der Waals surface area contributed by atoms with E-state index >= 15 is 0 Å². The Morgan fingerprint density at radius 1 is 1.19 bits per heavy atom. The third-order valence-electron chi connectivity index (χ3n) is 3.20. The summed E-state index contributed by atoms with van der Waals surface area (Å²) in [7, 11) is 1.56. The van der Waals surface area contributed by atoms with Gasteiger partial charge in [0.25, 0.3) is 5.91 Å². The van der Waals surface area contributed by atoms with Crippen molar-refractivity contribution in [3.63, 3.8) is 0 Å². The molecule has 0 aliphatic heterocycles. The van der Waals surface area contributed by atoms with Crippen molar-refractivity contribution in [3.05, 3.63) is 53.2 Å². The van der Waals surface area contributed by atoms with E-state index in [9.17, 15) is 4.79 Å². The Kier molecular flexibility index (Phi) is 4.84.